The van der Waals surface area contributed by atoms with Gasteiger partial charge in [0.05, 0.1) is 41.8 Å². The molecule has 0 radical (unpaired) electrons. The van der Waals surface area contributed by atoms with Gasteiger partial charge in [0, 0.05) is 36.1 Å². The summed E-state index contributed by atoms with van der Waals surface area (Å²) < 4.78 is 4.24. The lowest BCUT2D eigenvalue weighted by Crippen LogP contribution is -2.11. The van der Waals surface area contributed by atoms with Crippen LogP contribution in [-0.2, 0) is 19.5 Å². The van der Waals surface area contributed by atoms with Crippen LogP contribution in [0.3, 0.4) is 0 Å². The monoisotopic (exact) mass is 372 g/mol. The van der Waals surface area contributed by atoms with Gasteiger partial charge in [-0.25, -0.2) is 4.98 Å². The van der Waals surface area contributed by atoms with Crippen LogP contribution in [0.1, 0.15) is 28.5 Å². The molecule has 142 valence electrons. The fraction of sp³-hybridized carbons (Fsp3) is 0.273. The number of hydrogen-bond acceptors (Lipinski definition) is 4. The first-order valence-corrected chi connectivity index (χ1v) is 9.48. The van der Waals surface area contributed by atoms with Crippen LogP contribution in [0, 0.1) is 20.8 Å². The smallest absolute Gasteiger partial charge is 0.0959 e. The summed E-state index contributed by atoms with van der Waals surface area (Å²) in [6.07, 6.45) is 6.38. The van der Waals surface area contributed by atoms with Crippen molar-refractivity contribution in [1.29, 1.82) is 0 Å². The van der Waals surface area contributed by atoms with Crippen LogP contribution in [0.4, 0.5) is 0 Å². The summed E-state index contributed by atoms with van der Waals surface area (Å²) in [7, 11) is 0. The van der Waals surface area contributed by atoms with Crippen LogP contribution in [0.2, 0.25) is 0 Å². The van der Waals surface area contributed by atoms with E-state index in [9.17, 15) is 0 Å². The number of hydrogen-bond donors (Lipinski definition) is 0. The molecule has 3 aromatic heterocycles. The van der Waals surface area contributed by atoms with Crippen LogP contribution in [0.15, 0.2) is 55.1 Å². The molecule has 4 aromatic rings. The Morgan fingerprint density at radius 3 is 2.39 bits per heavy atom. The van der Waals surface area contributed by atoms with E-state index in [1.54, 1.807) is 6.20 Å². The van der Waals surface area contributed by atoms with Crippen molar-refractivity contribution in [3.8, 4) is 11.3 Å². The van der Waals surface area contributed by atoms with Gasteiger partial charge in [-0.05, 0) is 26.8 Å². The minimum Gasteiger partial charge on any atom is -0.328 e. The van der Waals surface area contributed by atoms with E-state index in [0.717, 1.165) is 41.3 Å². The normalized spacial score (nSPS) is 11.1. The second-order valence-corrected chi connectivity index (χ2v) is 7.08. The van der Waals surface area contributed by atoms with Gasteiger partial charge >= 0.3 is 0 Å². The van der Waals surface area contributed by atoms with E-state index in [2.05, 4.69) is 49.4 Å². The Morgan fingerprint density at radius 2 is 1.71 bits per heavy atom. The Labute approximate surface area is 164 Å². The van der Waals surface area contributed by atoms with Crippen molar-refractivity contribution in [2.75, 3.05) is 0 Å². The van der Waals surface area contributed by atoms with Gasteiger partial charge in [0.15, 0.2) is 0 Å². The van der Waals surface area contributed by atoms with Crippen molar-refractivity contribution in [1.82, 2.24) is 29.3 Å². The van der Waals surface area contributed by atoms with Gasteiger partial charge in [0.2, 0.25) is 0 Å². The summed E-state index contributed by atoms with van der Waals surface area (Å²) >= 11 is 0. The van der Waals surface area contributed by atoms with Crippen LogP contribution in [-0.4, -0.2) is 29.3 Å². The van der Waals surface area contributed by atoms with E-state index in [1.807, 2.05) is 44.6 Å². The molecule has 0 N–H and O–H groups in total. The highest BCUT2D eigenvalue weighted by Crippen LogP contribution is 2.23. The van der Waals surface area contributed by atoms with Crippen LogP contribution in [0.25, 0.3) is 11.3 Å². The summed E-state index contributed by atoms with van der Waals surface area (Å²) in [5.74, 6) is 0. The first kappa shape index (κ1) is 18.1. The maximum Gasteiger partial charge on any atom is 0.0959 e. The van der Waals surface area contributed by atoms with Gasteiger partial charge in [-0.2, -0.15) is 5.10 Å². The molecule has 0 atom stereocenters. The van der Waals surface area contributed by atoms with Gasteiger partial charge in [0.25, 0.3) is 0 Å². The van der Waals surface area contributed by atoms with Gasteiger partial charge in [-0.15, -0.1) is 0 Å². The maximum absolute atomic E-state index is 4.73. The highest BCUT2D eigenvalue weighted by atomic mass is 15.3. The van der Waals surface area contributed by atoms with Gasteiger partial charge in [-0.1, -0.05) is 30.3 Å². The van der Waals surface area contributed by atoms with Crippen molar-refractivity contribution in [3.63, 3.8) is 0 Å². The molecule has 6 heteroatoms. The number of benzene rings is 1. The molecule has 0 fully saturated rings. The van der Waals surface area contributed by atoms with E-state index >= 15 is 0 Å². The Kier molecular flexibility index (Phi) is 5.02. The molecule has 0 saturated heterocycles. The fourth-order valence-electron chi connectivity index (χ4n) is 3.43. The lowest BCUT2D eigenvalue weighted by atomic mass is 10.1. The fourth-order valence-corrected chi connectivity index (χ4v) is 3.43. The van der Waals surface area contributed by atoms with E-state index in [-0.39, 0.29) is 0 Å². The highest BCUT2D eigenvalue weighted by molar-refractivity contribution is 5.61. The van der Waals surface area contributed by atoms with Crippen LogP contribution in [0.5, 0.6) is 0 Å². The molecule has 3 heterocycles. The van der Waals surface area contributed by atoms with Crippen molar-refractivity contribution in [2.24, 2.45) is 0 Å². The molecule has 6 nitrogen and oxygen atoms in total. The number of rotatable bonds is 6. The quantitative estimate of drug-likeness (QED) is 0.517. The molecule has 0 unspecified atom stereocenters. The van der Waals surface area contributed by atoms with Gasteiger partial charge in [0.1, 0.15) is 0 Å². The SMILES string of the molecule is Cc1cnc(Cn2cnc(-c3ccccc3)c2CCn2nc(C)cc2C)cn1. The average molecular weight is 372 g/mol. The molecule has 0 amide bonds. The molecule has 0 aliphatic heterocycles. The van der Waals surface area contributed by atoms with E-state index in [1.165, 1.54) is 11.4 Å². The third-order valence-corrected chi connectivity index (χ3v) is 4.82. The Balaban J connectivity index is 1.66. The number of aromatic nitrogens is 6. The van der Waals surface area contributed by atoms with Crippen molar-refractivity contribution < 1.29 is 0 Å². The number of nitrogens with zero attached hydrogens (tertiary/aromatic N) is 6. The molecule has 28 heavy (non-hydrogen) atoms. The molecule has 0 aliphatic carbocycles. The zero-order valence-electron chi connectivity index (χ0n) is 16.5. The predicted molar refractivity (Wildman–Crippen MR) is 109 cm³/mol. The zero-order valence-corrected chi connectivity index (χ0v) is 16.5. The van der Waals surface area contributed by atoms with Gasteiger partial charge in [-0.3, -0.25) is 14.6 Å². The van der Waals surface area contributed by atoms with E-state index in [0.29, 0.717) is 6.54 Å². The lowest BCUT2D eigenvalue weighted by molar-refractivity contribution is 0.574. The second-order valence-electron chi connectivity index (χ2n) is 7.08. The average Bonchev–Trinajstić information content (AvgIpc) is 3.24. The second kappa shape index (κ2) is 7.76. The van der Waals surface area contributed by atoms with E-state index < -0.39 is 0 Å². The van der Waals surface area contributed by atoms with Crippen molar-refractivity contribution in [2.45, 2.75) is 40.3 Å². The van der Waals surface area contributed by atoms with Crippen LogP contribution >= 0.6 is 0 Å². The van der Waals surface area contributed by atoms with Crippen molar-refractivity contribution >= 4 is 0 Å². The largest absolute Gasteiger partial charge is 0.328 e. The minimum atomic E-state index is 0.652. The zero-order chi connectivity index (χ0) is 19.5. The molecule has 0 aliphatic rings. The van der Waals surface area contributed by atoms with Crippen LogP contribution < -0.4 is 0 Å². The molecule has 0 saturated carbocycles. The summed E-state index contributed by atoms with van der Waals surface area (Å²) in [6.45, 7) is 7.53. The Bertz CT molecular complexity index is 1060. The molecule has 4 rings (SSSR count). The third-order valence-electron chi connectivity index (χ3n) is 4.82. The first-order chi connectivity index (χ1) is 13.6. The predicted octanol–water partition coefficient (Wildman–Crippen LogP) is 3.75. The lowest BCUT2D eigenvalue weighted by Gasteiger charge is -2.11. The summed E-state index contributed by atoms with van der Waals surface area (Å²) in [5, 5.41) is 4.60. The molecular formula is C22H24N6. The summed E-state index contributed by atoms with van der Waals surface area (Å²) in [4.78, 5) is 13.6. The molecule has 0 spiro atoms. The first-order valence-electron chi connectivity index (χ1n) is 9.48. The minimum absolute atomic E-state index is 0.652. The van der Waals surface area contributed by atoms with Gasteiger partial charge < -0.3 is 4.57 Å². The van der Waals surface area contributed by atoms with Crippen molar-refractivity contribution in [3.05, 3.63) is 83.6 Å². The topological polar surface area (TPSA) is 61.4 Å². The highest BCUT2D eigenvalue weighted by Gasteiger charge is 2.14. The standard InChI is InChI=1S/C22H24N6/c1-16-11-18(3)28(26-16)10-9-21-22(19-7-5-4-6-8-19)25-15-27(21)14-20-13-23-17(2)12-24-20/h4-8,11-13,15H,9-10,14H2,1-3H3. The Hall–Kier alpha value is -3.28. The Morgan fingerprint density at radius 1 is 0.893 bits per heavy atom. The summed E-state index contributed by atoms with van der Waals surface area (Å²) in [5.41, 5.74) is 7.39. The molecule has 1 aromatic carbocycles. The third kappa shape index (κ3) is 3.86. The number of imidazole rings is 1. The number of aryl methyl sites for hydroxylation is 4. The molecular weight excluding hydrogens is 348 g/mol. The molecule has 0 bridgehead atoms. The van der Waals surface area contributed by atoms with E-state index in [4.69, 9.17) is 4.98 Å². The maximum atomic E-state index is 4.73. The summed E-state index contributed by atoms with van der Waals surface area (Å²) in [6, 6.07) is 12.4.